The maximum Gasteiger partial charge on any atom is 0.128 e. The van der Waals surface area contributed by atoms with Crippen molar-refractivity contribution >= 4 is 11.6 Å². The molecule has 5 heteroatoms. The summed E-state index contributed by atoms with van der Waals surface area (Å²) in [5, 5.41) is -0.510. The van der Waals surface area contributed by atoms with Gasteiger partial charge in [-0.3, -0.25) is 4.90 Å². The second-order valence-electron chi connectivity index (χ2n) is 4.74. The lowest BCUT2D eigenvalue weighted by atomic mass is 10.1. The molecule has 0 N–H and O–H groups in total. The quantitative estimate of drug-likeness (QED) is 0.782. The van der Waals surface area contributed by atoms with E-state index < -0.39 is 17.0 Å². The monoisotopic (exact) mass is 274 g/mol. The van der Waals surface area contributed by atoms with Crippen LogP contribution in [0.15, 0.2) is 18.2 Å². The molecule has 0 saturated carbocycles. The standard InChI is InChI=1S/C13H17ClF2N2/c1-17-4-6-18(7-5-17)9-12(14)11-8-10(15)2-3-13(11)16/h2-3,8,12H,4-7,9H2,1H3. The molecule has 1 fully saturated rings. The predicted octanol–water partition coefficient (Wildman–Crippen LogP) is 2.49. The van der Waals surface area contributed by atoms with Crippen molar-refractivity contribution in [1.29, 1.82) is 0 Å². The van der Waals surface area contributed by atoms with E-state index in [1.807, 2.05) is 0 Å². The number of benzene rings is 1. The molecule has 2 nitrogen and oxygen atoms in total. The summed E-state index contributed by atoms with van der Waals surface area (Å²) in [6, 6.07) is 3.42. The molecule has 18 heavy (non-hydrogen) atoms. The summed E-state index contributed by atoms with van der Waals surface area (Å²) in [5.41, 5.74) is 0.246. The Balaban J connectivity index is 1.98. The lowest BCUT2D eigenvalue weighted by Gasteiger charge is -2.33. The minimum atomic E-state index is -0.510. The first kappa shape index (κ1) is 13.7. The van der Waals surface area contributed by atoms with Gasteiger partial charge < -0.3 is 4.90 Å². The van der Waals surface area contributed by atoms with Gasteiger partial charge in [0, 0.05) is 38.3 Å². The van der Waals surface area contributed by atoms with E-state index in [0.717, 1.165) is 38.3 Å². The van der Waals surface area contributed by atoms with E-state index in [-0.39, 0.29) is 5.56 Å². The van der Waals surface area contributed by atoms with Crippen LogP contribution in [0.5, 0.6) is 0 Å². The van der Waals surface area contributed by atoms with Gasteiger partial charge in [-0.25, -0.2) is 8.78 Å². The van der Waals surface area contributed by atoms with Crippen molar-refractivity contribution in [3.8, 4) is 0 Å². The number of nitrogens with zero attached hydrogens (tertiary/aromatic N) is 2. The lowest BCUT2D eigenvalue weighted by molar-refractivity contribution is 0.154. The normalized spacial score (nSPS) is 20.0. The summed E-state index contributed by atoms with van der Waals surface area (Å²) in [5.74, 6) is -0.888. The number of piperazine rings is 1. The second kappa shape index (κ2) is 5.95. The highest BCUT2D eigenvalue weighted by Gasteiger charge is 2.20. The molecule has 0 bridgehead atoms. The number of hydrogen-bond acceptors (Lipinski definition) is 2. The maximum absolute atomic E-state index is 13.6. The van der Waals surface area contributed by atoms with Crippen LogP contribution in [0.2, 0.25) is 0 Å². The lowest BCUT2D eigenvalue weighted by Crippen LogP contribution is -2.45. The Morgan fingerprint density at radius 1 is 1.22 bits per heavy atom. The maximum atomic E-state index is 13.6. The first-order valence-corrected chi connectivity index (χ1v) is 6.50. The third-order valence-electron chi connectivity index (χ3n) is 3.31. The fraction of sp³-hybridized carbons (Fsp3) is 0.538. The van der Waals surface area contributed by atoms with Gasteiger partial charge in [-0.05, 0) is 25.2 Å². The van der Waals surface area contributed by atoms with Crippen molar-refractivity contribution in [2.24, 2.45) is 0 Å². The fourth-order valence-corrected chi connectivity index (χ4v) is 2.47. The van der Waals surface area contributed by atoms with Crippen LogP contribution in [0.3, 0.4) is 0 Å². The van der Waals surface area contributed by atoms with Crippen LogP contribution in [-0.2, 0) is 0 Å². The van der Waals surface area contributed by atoms with E-state index in [0.29, 0.717) is 6.54 Å². The Kier molecular flexibility index (Phi) is 4.54. The van der Waals surface area contributed by atoms with E-state index in [2.05, 4.69) is 16.8 Å². The number of alkyl halides is 1. The third-order valence-corrected chi connectivity index (χ3v) is 3.68. The summed E-state index contributed by atoms with van der Waals surface area (Å²) in [6.07, 6.45) is 0. The second-order valence-corrected chi connectivity index (χ2v) is 5.26. The molecule has 0 aromatic heterocycles. The van der Waals surface area contributed by atoms with Gasteiger partial charge >= 0.3 is 0 Å². The molecule has 1 aromatic rings. The summed E-state index contributed by atoms with van der Waals surface area (Å²) in [4.78, 5) is 4.42. The smallest absolute Gasteiger partial charge is 0.128 e. The van der Waals surface area contributed by atoms with Gasteiger partial charge in [-0.1, -0.05) is 0 Å². The highest BCUT2D eigenvalue weighted by molar-refractivity contribution is 6.21. The molecule has 0 radical (unpaired) electrons. The zero-order valence-electron chi connectivity index (χ0n) is 10.4. The molecular formula is C13H17ClF2N2. The van der Waals surface area contributed by atoms with Gasteiger partial charge in [-0.15, -0.1) is 11.6 Å². The average molecular weight is 275 g/mol. The average Bonchev–Trinajstić information content (AvgIpc) is 2.35. The molecule has 1 atom stereocenters. The van der Waals surface area contributed by atoms with Crippen molar-refractivity contribution in [2.45, 2.75) is 5.38 Å². The van der Waals surface area contributed by atoms with Crippen LogP contribution < -0.4 is 0 Å². The zero-order valence-corrected chi connectivity index (χ0v) is 11.1. The Morgan fingerprint density at radius 3 is 2.56 bits per heavy atom. The van der Waals surface area contributed by atoms with Gasteiger partial charge in [-0.2, -0.15) is 0 Å². The molecule has 1 aliphatic rings. The molecule has 1 aromatic carbocycles. The van der Waals surface area contributed by atoms with Gasteiger partial charge in [0.05, 0.1) is 5.38 Å². The van der Waals surface area contributed by atoms with Crippen LogP contribution in [0.25, 0.3) is 0 Å². The number of likely N-dealkylation sites (N-methyl/N-ethyl adjacent to an activating group) is 1. The molecular weight excluding hydrogens is 258 g/mol. The fourth-order valence-electron chi connectivity index (χ4n) is 2.11. The molecule has 0 spiro atoms. The van der Waals surface area contributed by atoms with Crippen LogP contribution in [0.1, 0.15) is 10.9 Å². The van der Waals surface area contributed by atoms with E-state index in [9.17, 15) is 8.78 Å². The minimum Gasteiger partial charge on any atom is -0.304 e. The Morgan fingerprint density at radius 2 is 1.89 bits per heavy atom. The van der Waals surface area contributed by atoms with E-state index in [1.54, 1.807) is 0 Å². The summed E-state index contributed by atoms with van der Waals surface area (Å²) in [7, 11) is 2.07. The summed E-state index contributed by atoms with van der Waals surface area (Å²) >= 11 is 6.19. The molecule has 1 aliphatic heterocycles. The minimum absolute atomic E-state index is 0.246. The van der Waals surface area contributed by atoms with E-state index >= 15 is 0 Å². The van der Waals surface area contributed by atoms with Crippen molar-refractivity contribution in [3.05, 3.63) is 35.4 Å². The Bertz CT molecular complexity index is 406. The number of rotatable bonds is 3. The molecule has 0 aliphatic carbocycles. The largest absolute Gasteiger partial charge is 0.304 e. The topological polar surface area (TPSA) is 6.48 Å². The molecule has 1 unspecified atom stereocenters. The van der Waals surface area contributed by atoms with Gasteiger partial charge in [0.2, 0.25) is 0 Å². The van der Waals surface area contributed by atoms with Crippen molar-refractivity contribution in [3.63, 3.8) is 0 Å². The van der Waals surface area contributed by atoms with Crippen LogP contribution in [0.4, 0.5) is 8.78 Å². The Hall–Kier alpha value is -0.710. The first-order chi connectivity index (χ1) is 8.56. The van der Waals surface area contributed by atoms with Gasteiger partial charge in [0.1, 0.15) is 11.6 Å². The number of hydrogen-bond donors (Lipinski definition) is 0. The highest BCUT2D eigenvalue weighted by atomic mass is 35.5. The predicted molar refractivity (Wildman–Crippen MR) is 68.9 cm³/mol. The van der Waals surface area contributed by atoms with Gasteiger partial charge in [0.25, 0.3) is 0 Å². The Labute approximate surface area is 111 Å². The molecule has 1 saturated heterocycles. The van der Waals surface area contributed by atoms with E-state index in [1.165, 1.54) is 6.07 Å². The van der Waals surface area contributed by atoms with Crippen LogP contribution >= 0.6 is 11.6 Å². The highest BCUT2D eigenvalue weighted by Crippen LogP contribution is 2.25. The first-order valence-electron chi connectivity index (χ1n) is 6.06. The molecule has 0 amide bonds. The van der Waals surface area contributed by atoms with Crippen LogP contribution in [0, 0.1) is 11.6 Å². The van der Waals surface area contributed by atoms with Crippen molar-refractivity contribution in [2.75, 3.05) is 39.8 Å². The van der Waals surface area contributed by atoms with Crippen molar-refractivity contribution < 1.29 is 8.78 Å². The van der Waals surface area contributed by atoms with Crippen LogP contribution in [-0.4, -0.2) is 49.6 Å². The number of halogens is 3. The molecule has 100 valence electrons. The zero-order chi connectivity index (χ0) is 13.1. The SMILES string of the molecule is CN1CCN(CC(Cl)c2cc(F)ccc2F)CC1. The summed E-state index contributed by atoms with van der Waals surface area (Å²) < 4.78 is 26.7. The third kappa shape index (κ3) is 3.40. The molecule has 2 rings (SSSR count). The molecule has 1 heterocycles. The van der Waals surface area contributed by atoms with Gasteiger partial charge in [0.15, 0.2) is 0 Å². The van der Waals surface area contributed by atoms with E-state index in [4.69, 9.17) is 11.6 Å². The van der Waals surface area contributed by atoms with Crippen molar-refractivity contribution in [1.82, 2.24) is 9.80 Å². The summed E-state index contributed by atoms with van der Waals surface area (Å²) in [6.45, 7) is 4.34.